The minimum absolute atomic E-state index is 0.0271. The first-order valence-electron chi connectivity index (χ1n) is 23.5. The molecule has 6 N–H and O–H groups in total. The van der Waals surface area contributed by atoms with Crippen LogP contribution in [0.1, 0.15) is 82.5 Å². The van der Waals surface area contributed by atoms with Crippen molar-refractivity contribution in [2.75, 3.05) is 35.2 Å². The van der Waals surface area contributed by atoms with Crippen LogP contribution in [0.25, 0.3) is 21.7 Å². The lowest BCUT2D eigenvalue weighted by Gasteiger charge is -2.42. The van der Waals surface area contributed by atoms with Gasteiger partial charge in [-0.05, 0) is 98.1 Å². The highest BCUT2D eigenvalue weighted by atomic mass is 32.1. The number of aryl methyl sites for hydroxylation is 1. The number of benzene rings is 2. The molecule has 3 aliphatic heterocycles. The second-order valence-corrected chi connectivity index (χ2v) is 20.8. The third kappa shape index (κ3) is 9.94. The van der Waals surface area contributed by atoms with Crippen molar-refractivity contribution in [3.63, 3.8) is 0 Å². The van der Waals surface area contributed by atoms with Crippen molar-refractivity contribution < 1.29 is 24.6 Å². The zero-order valence-corrected chi connectivity index (χ0v) is 39.5. The van der Waals surface area contributed by atoms with Crippen LogP contribution < -0.4 is 26.2 Å². The van der Waals surface area contributed by atoms with Crippen LogP contribution in [0.4, 0.5) is 17.5 Å². The first kappa shape index (κ1) is 45.9. The van der Waals surface area contributed by atoms with E-state index in [4.69, 9.17) is 15.7 Å². The maximum absolute atomic E-state index is 14.3. The number of fused-ring (bicyclic) bond motifs is 2. The number of aliphatic hydroxyl groups excluding tert-OH is 1. The maximum atomic E-state index is 14.3. The van der Waals surface area contributed by atoms with Crippen LogP contribution in [0.5, 0.6) is 5.75 Å². The highest BCUT2D eigenvalue weighted by molar-refractivity contribution is 7.13. The summed E-state index contributed by atoms with van der Waals surface area (Å²) in [5, 5.41) is 35.7. The predicted octanol–water partition coefficient (Wildman–Crippen LogP) is 5.67. The third-order valence-electron chi connectivity index (χ3n) is 14.2. The zero-order chi connectivity index (χ0) is 47.0. The van der Waals surface area contributed by atoms with Gasteiger partial charge in [-0.1, -0.05) is 57.2 Å². The molecule has 2 bridgehead atoms. The Balaban J connectivity index is 0.760. The number of anilines is 3. The number of carbonyl (C=O) groups is 3. The van der Waals surface area contributed by atoms with E-state index in [1.807, 2.05) is 88.1 Å². The summed E-state index contributed by atoms with van der Waals surface area (Å²) in [6.07, 6.45) is 9.19. The highest BCUT2D eigenvalue weighted by Gasteiger charge is 2.46. The number of rotatable bonds is 12. The Morgan fingerprint density at radius 2 is 1.58 bits per heavy atom. The number of aromatic hydroxyl groups is 1. The normalized spacial score (nSPS) is 23.3. The fraction of sp³-hybridized carbons (Fsp3) is 0.480. The number of nitrogen functional groups attached to an aromatic ring is 1. The van der Waals surface area contributed by atoms with Gasteiger partial charge >= 0.3 is 0 Å². The minimum Gasteiger partial charge on any atom is -0.507 e. The molecule has 16 nitrogen and oxygen atoms in total. The van der Waals surface area contributed by atoms with Crippen LogP contribution in [0, 0.1) is 24.2 Å². The molecule has 6 heterocycles. The van der Waals surface area contributed by atoms with Crippen molar-refractivity contribution in [3.05, 3.63) is 89.3 Å². The van der Waals surface area contributed by atoms with Gasteiger partial charge in [-0.3, -0.25) is 14.4 Å². The van der Waals surface area contributed by atoms with Gasteiger partial charge in [0, 0.05) is 68.6 Å². The number of hydrogen-bond acceptors (Lipinski definition) is 14. The van der Waals surface area contributed by atoms with E-state index in [0.717, 1.165) is 84.1 Å². The van der Waals surface area contributed by atoms with Gasteiger partial charge < -0.3 is 41.3 Å². The Morgan fingerprint density at radius 3 is 2.24 bits per heavy atom. The summed E-state index contributed by atoms with van der Waals surface area (Å²) in [4.78, 5) is 63.0. The monoisotopic (exact) mass is 927 g/mol. The molecule has 1 saturated carbocycles. The fourth-order valence-corrected chi connectivity index (χ4v) is 11.3. The number of piperazine rings is 1. The summed E-state index contributed by atoms with van der Waals surface area (Å²) in [6, 6.07) is 15.7. The second-order valence-electron chi connectivity index (χ2n) is 19.9. The van der Waals surface area contributed by atoms with Gasteiger partial charge in [0.25, 0.3) is 0 Å². The van der Waals surface area contributed by atoms with E-state index in [2.05, 4.69) is 35.6 Å². The topological polar surface area (TPSA) is 216 Å². The molecule has 4 fully saturated rings. The number of para-hydroxylation sites is 1. The van der Waals surface area contributed by atoms with Crippen molar-refractivity contribution in [1.29, 1.82) is 0 Å². The van der Waals surface area contributed by atoms with Crippen LogP contribution in [0.3, 0.4) is 0 Å². The van der Waals surface area contributed by atoms with Gasteiger partial charge in [0.1, 0.15) is 17.8 Å². The van der Waals surface area contributed by atoms with Crippen LogP contribution in [-0.4, -0.2) is 108 Å². The molecule has 5 aromatic rings. The van der Waals surface area contributed by atoms with Crippen molar-refractivity contribution in [1.82, 2.24) is 40.7 Å². The number of nitrogens with two attached hydrogens (primary N) is 1. The Kier molecular flexibility index (Phi) is 13.2. The molecule has 3 aromatic heterocycles. The number of phenols is 1. The van der Waals surface area contributed by atoms with E-state index in [9.17, 15) is 24.6 Å². The van der Waals surface area contributed by atoms with Crippen LogP contribution in [0.15, 0.2) is 72.5 Å². The molecule has 2 unspecified atom stereocenters. The van der Waals surface area contributed by atoms with Crippen molar-refractivity contribution >= 4 is 46.5 Å². The SMILES string of the molecule is Cc1ncsc1-c1ccc(CNC(=O)[C@@H]2C[C@@H](O)CN2C(=O)[C@@H](NC(=O)[C@H]2CC[C@H](Cc3cnc(N4C5CCC4CN(c4cc(-c6ccccc6O)nnc4N)C5)nc3)CC2)C(C)(C)C)cc1. The summed E-state index contributed by atoms with van der Waals surface area (Å²) in [5.74, 6) is 0.549. The fourth-order valence-electron chi connectivity index (χ4n) is 10.5. The Bertz CT molecular complexity index is 2560. The molecule has 67 heavy (non-hydrogen) atoms. The van der Waals surface area contributed by atoms with Crippen LogP contribution in [-0.2, 0) is 27.3 Å². The number of phenolic OH excluding ortho intramolecular Hbond substituents is 1. The Hall–Kier alpha value is -6.20. The average molecular weight is 928 g/mol. The van der Waals surface area contributed by atoms with E-state index >= 15 is 0 Å². The lowest BCUT2D eigenvalue weighted by molar-refractivity contribution is -0.144. The van der Waals surface area contributed by atoms with Crippen molar-refractivity contribution in [2.24, 2.45) is 17.3 Å². The minimum atomic E-state index is -0.872. The van der Waals surface area contributed by atoms with Gasteiger partial charge in [0.2, 0.25) is 23.7 Å². The van der Waals surface area contributed by atoms with Crippen LogP contribution in [0.2, 0.25) is 0 Å². The molecule has 3 saturated heterocycles. The van der Waals surface area contributed by atoms with E-state index in [1.165, 1.54) is 4.90 Å². The van der Waals surface area contributed by atoms with Crippen molar-refractivity contribution in [3.8, 4) is 27.4 Å². The molecule has 4 aliphatic rings. The average Bonchev–Trinajstić information content (AvgIpc) is 4.01. The highest BCUT2D eigenvalue weighted by Crippen LogP contribution is 2.39. The molecule has 17 heteroatoms. The summed E-state index contributed by atoms with van der Waals surface area (Å²) in [5.41, 5.74) is 13.6. The van der Waals surface area contributed by atoms with Gasteiger partial charge in [-0.2, -0.15) is 0 Å². The zero-order valence-electron chi connectivity index (χ0n) is 38.6. The van der Waals surface area contributed by atoms with Gasteiger partial charge in [0.15, 0.2) is 5.82 Å². The summed E-state index contributed by atoms with van der Waals surface area (Å²) in [7, 11) is 0. The molecule has 0 spiro atoms. The van der Waals surface area contributed by atoms with Gasteiger partial charge in [-0.15, -0.1) is 21.5 Å². The quantitative estimate of drug-likeness (QED) is 0.102. The van der Waals surface area contributed by atoms with Crippen LogP contribution >= 0.6 is 11.3 Å². The molecule has 1 aliphatic carbocycles. The van der Waals surface area contributed by atoms with Crippen molar-refractivity contribution in [2.45, 2.75) is 116 Å². The number of β-amino-alcohol motifs (C(OH)–C–C–N with tert-alkyl or cyclic N) is 1. The number of aliphatic hydroxyl groups is 1. The predicted molar refractivity (Wildman–Crippen MR) is 258 cm³/mol. The van der Waals surface area contributed by atoms with Gasteiger partial charge in [-0.25, -0.2) is 15.0 Å². The first-order valence-corrected chi connectivity index (χ1v) is 24.4. The lowest BCUT2D eigenvalue weighted by atomic mass is 9.78. The first-order chi connectivity index (χ1) is 32.2. The van der Waals surface area contributed by atoms with Gasteiger partial charge in [0.05, 0.1) is 33.6 Å². The molecule has 3 amide bonds. The number of hydrogen-bond donors (Lipinski definition) is 5. The Morgan fingerprint density at radius 1 is 0.881 bits per heavy atom. The Labute approximate surface area is 395 Å². The molecule has 352 valence electrons. The molecule has 9 rings (SSSR count). The number of nitrogens with zero attached hydrogens (tertiary/aromatic N) is 8. The van der Waals surface area contributed by atoms with E-state index < -0.39 is 23.6 Å². The maximum Gasteiger partial charge on any atom is 0.246 e. The van der Waals surface area contributed by atoms with E-state index in [0.29, 0.717) is 35.8 Å². The lowest BCUT2D eigenvalue weighted by Crippen LogP contribution is -2.58. The summed E-state index contributed by atoms with van der Waals surface area (Å²) >= 11 is 1.59. The number of thiazole rings is 1. The molecular formula is C50H61N11O5S. The van der Waals surface area contributed by atoms with E-state index in [-0.39, 0.29) is 61.0 Å². The number of aromatic nitrogens is 5. The standard InChI is InChI=1S/C50H61N11O5S/c1-29-43(67-28-55-29)33-13-11-31(12-14-33)22-52-47(65)41-20-37(62)27-60(41)48(66)44(50(2,3)4)56-46(64)34-15-9-30(10-16-34)19-32-23-53-49(54-24-32)61-35-17-18-36(61)26-59(25-35)40-21-39(57-58-45(40)51)38-7-5-6-8-42(38)63/h5-8,11-14,21,23-24,28,30,34-37,41,44,62-63H,9-10,15-20,22,25-27H2,1-4H3,(H2,51,58)(H,52,65)(H,56,64)/t30-,34-,35?,36?,37-,41+,44-/m1/s1. The molecule has 5 atom stereocenters. The third-order valence-corrected chi connectivity index (χ3v) is 15.1. The molecular weight excluding hydrogens is 867 g/mol. The number of carbonyl (C=O) groups excluding carboxylic acids is 3. The largest absolute Gasteiger partial charge is 0.507 e. The summed E-state index contributed by atoms with van der Waals surface area (Å²) < 4.78 is 0. The smallest absolute Gasteiger partial charge is 0.246 e. The van der Waals surface area contributed by atoms with E-state index in [1.54, 1.807) is 23.5 Å². The molecule has 2 aromatic carbocycles. The summed E-state index contributed by atoms with van der Waals surface area (Å²) in [6.45, 7) is 9.50. The number of nitrogens with one attached hydrogen (secondary N) is 2. The molecule has 0 radical (unpaired) electrons. The number of likely N-dealkylation sites (tertiary alicyclic amines) is 1. The number of amides is 3. The second kappa shape index (κ2) is 19.2.